The monoisotopic (exact) mass is 264 g/mol. The number of imidazole rings is 1. The van der Waals surface area contributed by atoms with Gasteiger partial charge in [0, 0.05) is 0 Å². The van der Waals surface area contributed by atoms with Gasteiger partial charge in [-0.3, -0.25) is 0 Å². The third-order valence-corrected chi connectivity index (χ3v) is 4.59. The molecular weight excluding hydrogens is 248 g/mol. The lowest BCUT2D eigenvalue weighted by atomic mass is 10.2. The first kappa shape index (κ1) is 12.8. The van der Waals surface area contributed by atoms with E-state index in [2.05, 4.69) is 4.98 Å². The first-order chi connectivity index (χ1) is 8.61. The van der Waals surface area contributed by atoms with Crippen LogP contribution in [0, 0.1) is 0 Å². The molecule has 0 radical (unpaired) electrons. The molecule has 0 aliphatic rings. The van der Waals surface area contributed by atoms with Crippen LogP contribution in [0.4, 0.5) is 0 Å². The maximum Gasteiger partial charge on any atom is 0.269 e. The average molecular weight is 264 g/mol. The Morgan fingerprint density at radius 3 is 2.33 bits per heavy atom. The number of rotatable bonds is 4. The maximum atomic E-state index is 12.5. The number of hydrogen-bond acceptors (Lipinski definition) is 3. The van der Waals surface area contributed by atoms with Crippen molar-refractivity contribution in [2.75, 3.05) is 0 Å². The molecule has 1 aromatic carbocycles. The SMILES string of the molecule is CCc1ncn(S(=O)(=O)c2ccccc2)c1CC. The Hall–Kier alpha value is -1.62. The highest BCUT2D eigenvalue weighted by Crippen LogP contribution is 2.18. The summed E-state index contributed by atoms with van der Waals surface area (Å²) < 4.78 is 26.2. The van der Waals surface area contributed by atoms with Crippen LogP contribution in [0.5, 0.6) is 0 Å². The molecule has 1 heterocycles. The average Bonchev–Trinajstić information content (AvgIpc) is 2.83. The molecule has 18 heavy (non-hydrogen) atoms. The molecule has 4 nitrogen and oxygen atoms in total. The summed E-state index contributed by atoms with van der Waals surface area (Å²) >= 11 is 0. The van der Waals surface area contributed by atoms with E-state index in [-0.39, 0.29) is 0 Å². The van der Waals surface area contributed by atoms with Gasteiger partial charge in [0.25, 0.3) is 10.0 Å². The standard InChI is InChI=1S/C13H16N2O2S/c1-3-12-13(4-2)15(10-14-12)18(16,17)11-8-6-5-7-9-11/h5-10H,3-4H2,1-2H3. The topological polar surface area (TPSA) is 52.0 Å². The van der Waals surface area contributed by atoms with Gasteiger partial charge in [-0.15, -0.1) is 0 Å². The predicted molar refractivity (Wildman–Crippen MR) is 70.0 cm³/mol. The zero-order valence-corrected chi connectivity index (χ0v) is 11.3. The summed E-state index contributed by atoms with van der Waals surface area (Å²) in [5.41, 5.74) is 1.61. The van der Waals surface area contributed by atoms with Crippen LogP contribution in [0.15, 0.2) is 41.6 Å². The molecular formula is C13H16N2O2S. The second-order valence-corrected chi connectivity index (χ2v) is 5.77. The van der Waals surface area contributed by atoms with Gasteiger partial charge in [-0.25, -0.2) is 17.4 Å². The molecule has 0 saturated heterocycles. The molecule has 0 aliphatic carbocycles. The van der Waals surface area contributed by atoms with Crippen molar-refractivity contribution < 1.29 is 8.42 Å². The molecule has 0 bridgehead atoms. The first-order valence-electron chi connectivity index (χ1n) is 5.97. The lowest BCUT2D eigenvalue weighted by Gasteiger charge is -2.09. The molecule has 0 amide bonds. The highest BCUT2D eigenvalue weighted by atomic mass is 32.2. The summed E-state index contributed by atoms with van der Waals surface area (Å²) in [6.45, 7) is 3.91. The van der Waals surface area contributed by atoms with Crippen molar-refractivity contribution >= 4 is 10.0 Å². The lowest BCUT2D eigenvalue weighted by molar-refractivity contribution is 0.585. The van der Waals surface area contributed by atoms with Gasteiger partial charge >= 0.3 is 0 Å². The largest absolute Gasteiger partial charge is 0.269 e. The van der Waals surface area contributed by atoms with E-state index in [4.69, 9.17) is 0 Å². The molecule has 0 N–H and O–H groups in total. The van der Waals surface area contributed by atoms with Gasteiger partial charge < -0.3 is 0 Å². The highest BCUT2D eigenvalue weighted by molar-refractivity contribution is 7.90. The van der Waals surface area contributed by atoms with Gasteiger partial charge in [-0.2, -0.15) is 0 Å². The van der Waals surface area contributed by atoms with Crippen LogP contribution in [0.2, 0.25) is 0 Å². The minimum atomic E-state index is -3.52. The quantitative estimate of drug-likeness (QED) is 0.851. The van der Waals surface area contributed by atoms with E-state index in [1.54, 1.807) is 30.3 Å². The maximum absolute atomic E-state index is 12.5. The molecule has 0 spiro atoms. The molecule has 0 fully saturated rings. The van der Waals surface area contributed by atoms with E-state index in [1.807, 2.05) is 13.8 Å². The summed E-state index contributed by atoms with van der Waals surface area (Å²) in [6.07, 6.45) is 2.79. The number of hydrogen-bond donors (Lipinski definition) is 0. The van der Waals surface area contributed by atoms with Gasteiger partial charge in [0.2, 0.25) is 0 Å². The summed E-state index contributed by atoms with van der Waals surface area (Å²) in [6, 6.07) is 8.43. The predicted octanol–water partition coefficient (Wildman–Crippen LogP) is 2.24. The van der Waals surface area contributed by atoms with Crippen LogP contribution in [-0.2, 0) is 22.9 Å². The molecule has 96 valence electrons. The van der Waals surface area contributed by atoms with Gasteiger partial charge in [-0.05, 0) is 25.0 Å². The Balaban J connectivity index is 2.59. The molecule has 0 unspecified atom stereocenters. The van der Waals surface area contributed by atoms with Crippen molar-refractivity contribution in [1.29, 1.82) is 0 Å². The van der Waals surface area contributed by atoms with E-state index >= 15 is 0 Å². The summed E-state index contributed by atoms with van der Waals surface area (Å²) in [5, 5.41) is 0. The zero-order chi connectivity index (χ0) is 13.2. The van der Waals surface area contributed by atoms with Crippen molar-refractivity contribution in [2.45, 2.75) is 31.6 Å². The molecule has 5 heteroatoms. The molecule has 0 atom stereocenters. The summed E-state index contributed by atoms with van der Waals surface area (Å²) in [5.74, 6) is 0. The van der Waals surface area contributed by atoms with E-state index in [9.17, 15) is 8.42 Å². The van der Waals surface area contributed by atoms with E-state index in [0.29, 0.717) is 11.3 Å². The van der Waals surface area contributed by atoms with Crippen LogP contribution in [0.1, 0.15) is 25.2 Å². The van der Waals surface area contributed by atoms with Gasteiger partial charge in [0.1, 0.15) is 6.33 Å². The van der Waals surface area contributed by atoms with Crippen molar-refractivity contribution in [3.8, 4) is 0 Å². The van der Waals surface area contributed by atoms with Crippen molar-refractivity contribution in [3.05, 3.63) is 48.0 Å². The van der Waals surface area contributed by atoms with Gasteiger partial charge in [-0.1, -0.05) is 32.0 Å². The first-order valence-corrected chi connectivity index (χ1v) is 7.41. The van der Waals surface area contributed by atoms with Crippen LogP contribution >= 0.6 is 0 Å². The normalized spacial score (nSPS) is 11.7. The number of aromatic nitrogens is 2. The van der Waals surface area contributed by atoms with Crippen LogP contribution in [0.25, 0.3) is 0 Å². The van der Waals surface area contributed by atoms with Crippen molar-refractivity contribution in [1.82, 2.24) is 8.96 Å². The fraction of sp³-hybridized carbons (Fsp3) is 0.308. The highest BCUT2D eigenvalue weighted by Gasteiger charge is 2.21. The second kappa shape index (κ2) is 4.94. The number of benzene rings is 1. The molecule has 2 rings (SSSR count). The summed E-state index contributed by atoms with van der Waals surface area (Å²) in [4.78, 5) is 4.47. The number of aryl methyl sites for hydroxylation is 1. The Bertz CT molecular complexity index is 630. The molecule has 1 aromatic heterocycles. The minimum absolute atomic E-state index is 0.291. The Labute approximate surface area is 107 Å². The minimum Gasteiger partial charge on any atom is -0.240 e. The Morgan fingerprint density at radius 2 is 1.78 bits per heavy atom. The second-order valence-electron chi connectivity index (χ2n) is 3.96. The van der Waals surface area contributed by atoms with Crippen molar-refractivity contribution in [2.24, 2.45) is 0 Å². The van der Waals surface area contributed by atoms with Crippen LogP contribution in [-0.4, -0.2) is 17.4 Å². The Kier molecular flexibility index (Phi) is 3.52. The van der Waals surface area contributed by atoms with Crippen LogP contribution in [0.3, 0.4) is 0 Å². The fourth-order valence-corrected chi connectivity index (χ4v) is 3.39. The molecule has 2 aromatic rings. The van der Waals surface area contributed by atoms with Gasteiger partial charge in [0.15, 0.2) is 0 Å². The van der Waals surface area contributed by atoms with E-state index in [0.717, 1.165) is 17.8 Å². The third-order valence-electron chi connectivity index (χ3n) is 2.89. The van der Waals surface area contributed by atoms with Gasteiger partial charge in [0.05, 0.1) is 16.3 Å². The van der Waals surface area contributed by atoms with Crippen LogP contribution < -0.4 is 0 Å². The number of nitrogens with zero attached hydrogens (tertiary/aromatic N) is 2. The molecule has 0 saturated carbocycles. The lowest BCUT2D eigenvalue weighted by Crippen LogP contribution is -2.15. The zero-order valence-electron chi connectivity index (χ0n) is 10.5. The van der Waals surface area contributed by atoms with Crippen molar-refractivity contribution in [3.63, 3.8) is 0 Å². The third kappa shape index (κ3) is 2.06. The molecule has 0 aliphatic heterocycles. The summed E-state index contributed by atoms with van der Waals surface area (Å²) in [7, 11) is -3.52. The van der Waals surface area contributed by atoms with E-state index < -0.39 is 10.0 Å². The fourth-order valence-electron chi connectivity index (χ4n) is 1.96. The smallest absolute Gasteiger partial charge is 0.240 e. The Morgan fingerprint density at radius 1 is 1.11 bits per heavy atom. The van der Waals surface area contributed by atoms with E-state index in [1.165, 1.54) is 10.3 Å².